The number of piperazine rings is 1. The number of carbonyl (C=O) groups excluding carboxylic acids is 3. The number of hydrogen-bond donors (Lipinski definition) is 1. The van der Waals surface area contributed by atoms with Gasteiger partial charge in [-0.05, 0) is 52.2 Å². The Labute approximate surface area is 204 Å². The van der Waals surface area contributed by atoms with Crippen LogP contribution in [0.4, 0.5) is 13.2 Å². The second-order valence-electron chi connectivity index (χ2n) is 7.99. The minimum atomic E-state index is -4.63. The van der Waals surface area contributed by atoms with Crippen molar-refractivity contribution < 1.29 is 27.6 Å². The Morgan fingerprint density at radius 1 is 0.857 bits per heavy atom. The standard InChI is InChI=1S/C25H22F3N3O3S/c26-25(27,28)21-4-2-1-3-20(21)24(34)31-12-10-30(11-13-31)22(32)15-29-23(33)18-7-5-17(6-8-18)19-9-14-35-16-19/h1-9,14,16H,10-13,15H2,(H,29,33). The normalized spacial score (nSPS) is 14.0. The quantitative estimate of drug-likeness (QED) is 0.571. The Morgan fingerprint density at radius 2 is 1.51 bits per heavy atom. The summed E-state index contributed by atoms with van der Waals surface area (Å²) in [6.07, 6.45) is -4.63. The molecular formula is C25H22F3N3O3S. The summed E-state index contributed by atoms with van der Waals surface area (Å²) < 4.78 is 39.7. The van der Waals surface area contributed by atoms with Crippen molar-refractivity contribution >= 4 is 29.1 Å². The molecule has 2 aromatic carbocycles. The highest BCUT2D eigenvalue weighted by atomic mass is 32.1. The third-order valence-electron chi connectivity index (χ3n) is 5.78. The number of amides is 3. The van der Waals surface area contributed by atoms with Gasteiger partial charge in [-0.25, -0.2) is 0 Å². The first-order valence-corrected chi connectivity index (χ1v) is 11.8. The molecule has 182 valence electrons. The lowest BCUT2D eigenvalue weighted by Gasteiger charge is -2.35. The van der Waals surface area contributed by atoms with E-state index in [9.17, 15) is 27.6 Å². The largest absolute Gasteiger partial charge is 0.417 e. The lowest BCUT2D eigenvalue weighted by molar-refractivity contribution is -0.138. The Bertz CT molecular complexity index is 1200. The number of nitrogens with one attached hydrogen (secondary N) is 1. The molecule has 3 aromatic rings. The Hall–Kier alpha value is -3.66. The summed E-state index contributed by atoms with van der Waals surface area (Å²) in [6.45, 7) is 0.341. The predicted molar refractivity (Wildman–Crippen MR) is 126 cm³/mol. The molecule has 0 atom stereocenters. The zero-order valence-corrected chi connectivity index (χ0v) is 19.4. The number of nitrogens with zero attached hydrogens (tertiary/aromatic N) is 2. The molecule has 1 aromatic heterocycles. The van der Waals surface area contributed by atoms with Gasteiger partial charge in [0.05, 0.1) is 17.7 Å². The molecule has 0 bridgehead atoms. The van der Waals surface area contributed by atoms with Crippen molar-refractivity contribution in [2.75, 3.05) is 32.7 Å². The second-order valence-corrected chi connectivity index (χ2v) is 8.77. The van der Waals surface area contributed by atoms with Gasteiger partial charge < -0.3 is 15.1 Å². The molecule has 0 saturated carbocycles. The van der Waals surface area contributed by atoms with E-state index in [2.05, 4.69) is 5.32 Å². The minimum Gasteiger partial charge on any atom is -0.343 e. The molecule has 0 radical (unpaired) electrons. The van der Waals surface area contributed by atoms with Crippen molar-refractivity contribution in [3.8, 4) is 11.1 Å². The highest BCUT2D eigenvalue weighted by molar-refractivity contribution is 7.08. The summed E-state index contributed by atoms with van der Waals surface area (Å²) in [7, 11) is 0. The van der Waals surface area contributed by atoms with Crippen molar-refractivity contribution in [3.63, 3.8) is 0 Å². The van der Waals surface area contributed by atoms with E-state index in [0.29, 0.717) is 5.56 Å². The number of carbonyl (C=O) groups is 3. The van der Waals surface area contributed by atoms with E-state index in [-0.39, 0.29) is 44.5 Å². The van der Waals surface area contributed by atoms with Crippen LogP contribution in [0, 0.1) is 0 Å². The van der Waals surface area contributed by atoms with Gasteiger partial charge in [0.15, 0.2) is 0 Å². The third kappa shape index (κ3) is 5.71. The van der Waals surface area contributed by atoms with E-state index >= 15 is 0 Å². The fourth-order valence-electron chi connectivity index (χ4n) is 3.86. The molecule has 1 aliphatic rings. The van der Waals surface area contributed by atoms with E-state index in [1.54, 1.807) is 23.5 Å². The first-order chi connectivity index (χ1) is 16.7. The van der Waals surface area contributed by atoms with Gasteiger partial charge in [-0.15, -0.1) is 0 Å². The summed E-state index contributed by atoms with van der Waals surface area (Å²) in [6, 6.07) is 13.7. The van der Waals surface area contributed by atoms with Crippen LogP contribution in [0.5, 0.6) is 0 Å². The van der Waals surface area contributed by atoms with Gasteiger partial charge in [-0.1, -0.05) is 24.3 Å². The van der Waals surface area contributed by atoms with Crippen molar-refractivity contribution in [2.45, 2.75) is 6.18 Å². The van der Waals surface area contributed by atoms with Crippen LogP contribution < -0.4 is 5.32 Å². The Balaban J connectivity index is 1.28. The summed E-state index contributed by atoms with van der Waals surface area (Å²) in [5.41, 5.74) is 1.10. The smallest absolute Gasteiger partial charge is 0.343 e. The van der Waals surface area contributed by atoms with Crippen molar-refractivity contribution in [2.24, 2.45) is 0 Å². The summed E-state index contributed by atoms with van der Waals surface area (Å²) in [5.74, 6) is -1.42. The molecule has 2 heterocycles. The van der Waals surface area contributed by atoms with Crippen LogP contribution in [0.1, 0.15) is 26.3 Å². The van der Waals surface area contributed by atoms with Crippen molar-refractivity contribution in [3.05, 3.63) is 82.0 Å². The first-order valence-electron chi connectivity index (χ1n) is 10.9. The SMILES string of the molecule is O=C(NCC(=O)N1CCN(C(=O)c2ccccc2C(F)(F)F)CC1)c1ccc(-c2ccsc2)cc1. The molecule has 1 fully saturated rings. The van der Waals surface area contributed by atoms with Gasteiger partial charge in [0, 0.05) is 31.7 Å². The maximum Gasteiger partial charge on any atom is 0.417 e. The van der Waals surface area contributed by atoms with Gasteiger partial charge in [-0.2, -0.15) is 24.5 Å². The van der Waals surface area contributed by atoms with Gasteiger partial charge in [0.25, 0.3) is 11.8 Å². The molecule has 0 spiro atoms. The molecular weight excluding hydrogens is 479 g/mol. The molecule has 35 heavy (non-hydrogen) atoms. The van der Waals surface area contributed by atoms with E-state index in [1.807, 2.05) is 29.0 Å². The van der Waals surface area contributed by atoms with E-state index in [0.717, 1.165) is 23.3 Å². The van der Waals surface area contributed by atoms with Crippen LogP contribution in [-0.4, -0.2) is 60.2 Å². The van der Waals surface area contributed by atoms with Crippen LogP contribution in [0.3, 0.4) is 0 Å². The number of hydrogen-bond acceptors (Lipinski definition) is 4. The Morgan fingerprint density at radius 3 is 2.14 bits per heavy atom. The fraction of sp³-hybridized carbons (Fsp3) is 0.240. The van der Waals surface area contributed by atoms with E-state index < -0.39 is 23.2 Å². The van der Waals surface area contributed by atoms with Crippen LogP contribution in [0.25, 0.3) is 11.1 Å². The molecule has 4 rings (SSSR count). The molecule has 6 nitrogen and oxygen atoms in total. The summed E-state index contributed by atoms with van der Waals surface area (Å²) in [4.78, 5) is 40.4. The maximum atomic E-state index is 13.2. The molecule has 1 aliphatic heterocycles. The van der Waals surface area contributed by atoms with Crippen LogP contribution >= 0.6 is 11.3 Å². The molecule has 3 amide bonds. The van der Waals surface area contributed by atoms with Gasteiger partial charge in [0.1, 0.15) is 0 Å². The Kier molecular flexibility index (Phi) is 7.20. The van der Waals surface area contributed by atoms with Gasteiger partial charge in [-0.3, -0.25) is 14.4 Å². The van der Waals surface area contributed by atoms with E-state index in [4.69, 9.17) is 0 Å². The van der Waals surface area contributed by atoms with Gasteiger partial charge in [0.2, 0.25) is 5.91 Å². The third-order valence-corrected chi connectivity index (χ3v) is 6.47. The number of halogens is 3. The average Bonchev–Trinajstić information content (AvgIpc) is 3.41. The number of rotatable bonds is 5. The topological polar surface area (TPSA) is 69.7 Å². The molecule has 0 unspecified atom stereocenters. The average molecular weight is 502 g/mol. The zero-order chi connectivity index (χ0) is 25.0. The summed E-state index contributed by atoms with van der Waals surface area (Å²) >= 11 is 1.58. The van der Waals surface area contributed by atoms with Crippen molar-refractivity contribution in [1.29, 1.82) is 0 Å². The van der Waals surface area contributed by atoms with Crippen LogP contribution in [0.15, 0.2) is 65.4 Å². The van der Waals surface area contributed by atoms with Crippen LogP contribution in [-0.2, 0) is 11.0 Å². The monoisotopic (exact) mass is 501 g/mol. The highest BCUT2D eigenvalue weighted by Gasteiger charge is 2.36. The number of benzene rings is 2. The molecule has 1 saturated heterocycles. The maximum absolute atomic E-state index is 13.2. The molecule has 1 N–H and O–H groups in total. The lowest BCUT2D eigenvalue weighted by atomic mass is 10.1. The first kappa shape index (κ1) is 24.5. The zero-order valence-electron chi connectivity index (χ0n) is 18.5. The number of alkyl halides is 3. The van der Waals surface area contributed by atoms with Crippen LogP contribution in [0.2, 0.25) is 0 Å². The lowest BCUT2D eigenvalue weighted by Crippen LogP contribution is -2.52. The number of thiophene rings is 1. The second kappa shape index (κ2) is 10.3. The minimum absolute atomic E-state index is 0.106. The van der Waals surface area contributed by atoms with Gasteiger partial charge >= 0.3 is 6.18 Å². The highest BCUT2D eigenvalue weighted by Crippen LogP contribution is 2.32. The summed E-state index contributed by atoms with van der Waals surface area (Å²) in [5, 5.41) is 6.58. The van der Waals surface area contributed by atoms with Crippen molar-refractivity contribution in [1.82, 2.24) is 15.1 Å². The molecule has 0 aliphatic carbocycles. The predicted octanol–water partition coefficient (Wildman–Crippen LogP) is 4.15. The molecule has 10 heteroatoms. The van der Waals surface area contributed by atoms with E-state index in [1.165, 1.54) is 21.9 Å². The fourth-order valence-corrected chi connectivity index (χ4v) is 4.52.